The zero-order valence-electron chi connectivity index (χ0n) is 13.2. The number of nitrogens with one attached hydrogen (secondary N) is 1. The summed E-state index contributed by atoms with van der Waals surface area (Å²) in [7, 11) is 1.93. The first kappa shape index (κ1) is 16.2. The van der Waals surface area contributed by atoms with Gasteiger partial charge in [-0.3, -0.25) is 0 Å². The summed E-state index contributed by atoms with van der Waals surface area (Å²) in [6, 6.07) is 2.26. The van der Waals surface area contributed by atoms with Crippen LogP contribution >= 0.6 is 0 Å². The quantitative estimate of drug-likeness (QED) is 0.646. The molecule has 6 nitrogen and oxygen atoms in total. The first-order chi connectivity index (χ1) is 9.22. The number of nitriles is 1. The number of rotatable bonds is 4. The van der Waals surface area contributed by atoms with E-state index in [0.29, 0.717) is 12.2 Å². The lowest BCUT2D eigenvalue weighted by Crippen LogP contribution is -2.32. The maximum absolute atomic E-state index is 8.84. The van der Waals surface area contributed by atoms with Crippen LogP contribution in [0.2, 0.25) is 0 Å². The molecule has 0 saturated carbocycles. The molecule has 0 amide bonds. The van der Waals surface area contributed by atoms with E-state index >= 15 is 0 Å². The zero-order chi connectivity index (χ0) is 15.5. The number of nitrogens with zero attached hydrogens (tertiary/aromatic N) is 4. The van der Waals surface area contributed by atoms with E-state index in [4.69, 9.17) is 11.1 Å². The van der Waals surface area contributed by atoms with Gasteiger partial charge in [0.1, 0.15) is 17.5 Å². The van der Waals surface area contributed by atoms with Gasteiger partial charge in [-0.25, -0.2) is 15.8 Å². The van der Waals surface area contributed by atoms with Crippen molar-refractivity contribution in [1.29, 1.82) is 5.26 Å². The van der Waals surface area contributed by atoms with Gasteiger partial charge in [-0.15, -0.1) is 0 Å². The number of hydrogen-bond donors (Lipinski definition) is 2. The Labute approximate surface area is 121 Å². The van der Waals surface area contributed by atoms with Gasteiger partial charge in [0.2, 0.25) is 0 Å². The van der Waals surface area contributed by atoms with Crippen LogP contribution in [0, 0.1) is 18.3 Å². The number of nitrogens with two attached hydrogens (primary N) is 1. The standard InChI is InChI=1S/C14H24N6/c1-9(7-8-15)20(6)12-10(2)11(19-16)17-13(18-12)14(3,4)5/h9H,7,16H2,1-6H3,(H,17,18,19). The highest BCUT2D eigenvalue weighted by atomic mass is 15.3. The second kappa shape index (κ2) is 6.06. The van der Waals surface area contributed by atoms with Crippen molar-refractivity contribution in [2.24, 2.45) is 5.84 Å². The lowest BCUT2D eigenvalue weighted by atomic mass is 9.95. The molecule has 1 heterocycles. The summed E-state index contributed by atoms with van der Waals surface area (Å²) in [6.07, 6.45) is 0.441. The number of hydrazine groups is 1. The number of anilines is 2. The molecule has 1 atom stereocenters. The molecule has 0 radical (unpaired) electrons. The minimum atomic E-state index is -0.173. The molecule has 0 aliphatic heterocycles. The van der Waals surface area contributed by atoms with Crippen LogP contribution in [-0.2, 0) is 5.41 Å². The molecule has 0 fully saturated rings. The summed E-state index contributed by atoms with van der Waals surface area (Å²) in [6.45, 7) is 10.1. The van der Waals surface area contributed by atoms with Gasteiger partial charge in [0.05, 0.1) is 12.5 Å². The van der Waals surface area contributed by atoms with Gasteiger partial charge >= 0.3 is 0 Å². The summed E-state index contributed by atoms with van der Waals surface area (Å²) >= 11 is 0. The molecule has 0 saturated heterocycles. The van der Waals surface area contributed by atoms with Crippen molar-refractivity contribution in [2.45, 2.75) is 52.5 Å². The summed E-state index contributed by atoms with van der Waals surface area (Å²) in [5.74, 6) is 7.71. The van der Waals surface area contributed by atoms with E-state index in [1.54, 1.807) is 0 Å². The van der Waals surface area contributed by atoms with E-state index in [-0.39, 0.29) is 11.5 Å². The molecule has 3 N–H and O–H groups in total. The highest BCUT2D eigenvalue weighted by Crippen LogP contribution is 2.28. The van der Waals surface area contributed by atoms with Crippen molar-refractivity contribution in [3.05, 3.63) is 11.4 Å². The monoisotopic (exact) mass is 276 g/mol. The molecule has 0 aliphatic rings. The predicted octanol–water partition coefficient (Wildman–Crippen LogP) is 2.11. The van der Waals surface area contributed by atoms with Crippen LogP contribution in [0.15, 0.2) is 0 Å². The van der Waals surface area contributed by atoms with Gasteiger partial charge in [-0.2, -0.15) is 5.26 Å². The zero-order valence-corrected chi connectivity index (χ0v) is 13.2. The lowest BCUT2D eigenvalue weighted by Gasteiger charge is -2.28. The second-order valence-corrected chi connectivity index (χ2v) is 6.06. The van der Waals surface area contributed by atoms with Gasteiger partial charge < -0.3 is 10.3 Å². The number of hydrogen-bond acceptors (Lipinski definition) is 6. The Balaban J connectivity index is 3.35. The van der Waals surface area contributed by atoms with E-state index < -0.39 is 0 Å². The van der Waals surface area contributed by atoms with Crippen LogP contribution in [0.5, 0.6) is 0 Å². The first-order valence-corrected chi connectivity index (χ1v) is 6.67. The molecular formula is C14H24N6. The maximum Gasteiger partial charge on any atom is 0.148 e. The Morgan fingerprint density at radius 2 is 2.00 bits per heavy atom. The van der Waals surface area contributed by atoms with Crippen molar-refractivity contribution in [3.63, 3.8) is 0 Å². The average Bonchev–Trinajstić information content (AvgIpc) is 2.37. The third-order valence-electron chi connectivity index (χ3n) is 3.31. The van der Waals surface area contributed by atoms with E-state index in [1.165, 1.54) is 0 Å². The molecule has 1 unspecified atom stereocenters. The maximum atomic E-state index is 8.84. The molecular weight excluding hydrogens is 252 g/mol. The normalized spacial score (nSPS) is 12.7. The van der Waals surface area contributed by atoms with Crippen molar-refractivity contribution < 1.29 is 0 Å². The fraction of sp³-hybridized carbons (Fsp3) is 0.643. The Morgan fingerprint density at radius 3 is 2.45 bits per heavy atom. The summed E-state index contributed by atoms with van der Waals surface area (Å²) in [5, 5.41) is 8.84. The van der Waals surface area contributed by atoms with Crippen LogP contribution in [0.3, 0.4) is 0 Å². The van der Waals surface area contributed by atoms with Gasteiger partial charge in [-0.1, -0.05) is 20.8 Å². The average molecular weight is 276 g/mol. The van der Waals surface area contributed by atoms with Crippen molar-refractivity contribution in [3.8, 4) is 6.07 Å². The summed E-state index contributed by atoms with van der Waals surface area (Å²) < 4.78 is 0. The van der Waals surface area contributed by atoms with E-state index in [2.05, 4.69) is 42.2 Å². The van der Waals surface area contributed by atoms with E-state index in [9.17, 15) is 0 Å². The van der Waals surface area contributed by atoms with Gasteiger partial charge in [-0.05, 0) is 13.8 Å². The van der Waals surface area contributed by atoms with Crippen molar-refractivity contribution in [1.82, 2.24) is 9.97 Å². The van der Waals surface area contributed by atoms with E-state index in [1.807, 2.05) is 25.8 Å². The van der Waals surface area contributed by atoms with Crippen LogP contribution in [0.1, 0.15) is 45.5 Å². The molecule has 0 aromatic carbocycles. The highest BCUT2D eigenvalue weighted by molar-refractivity contribution is 5.58. The highest BCUT2D eigenvalue weighted by Gasteiger charge is 2.23. The number of nitrogen functional groups attached to an aromatic ring is 1. The van der Waals surface area contributed by atoms with Gasteiger partial charge in [0.25, 0.3) is 0 Å². The molecule has 0 spiro atoms. The third-order valence-corrected chi connectivity index (χ3v) is 3.31. The topological polar surface area (TPSA) is 90.9 Å². The summed E-state index contributed by atoms with van der Waals surface area (Å²) in [5.41, 5.74) is 3.34. The molecule has 20 heavy (non-hydrogen) atoms. The summed E-state index contributed by atoms with van der Waals surface area (Å²) in [4.78, 5) is 11.1. The largest absolute Gasteiger partial charge is 0.356 e. The van der Waals surface area contributed by atoms with Crippen LogP contribution in [-0.4, -0.2) is 23.1 Å². The Bertz CT molecular complexity index is 512. The lowest BCUT2D eigenvalue weighted by molar-refractivity contribution is 0.542. The minimum absolute atomic E-state index is 0.0760. The van der Waals surface area contributed by atoms with E-state index in [0.717, 1.165) is 17.2 Å². The molecule has 1 aromatic heterocycles. The SMILES string of the molecule is Cc1c(NN)nc(C(C)(C)C)nc1N(C)C(C)CC#N. The first-order valence-electron chi connectivity index (χ1n) is 6.67. The van der Waals surface area contributed by atoms with Crippen molar-refractivity contribution in [2.75, 3.05) is 17.4 Å². The minimum Gasteiger partial charge on any atom is -0.356 e. The fourth-order valence-corrected chi connectivity index (χ4v) is 1.80. The molecule has 6 heteroatoms. The fourth-order valence-electron chi connectivity index (χ4n) is 1.80. The van der Waals surface area contributed by atoms with Gasteiger partial charge in [0.15, 0.2) is 0 Å². The van der Waals surface area contributed by atoms with Crippen LogP contribution in [0.25, 0.3) is 0 Å². The molecule has 1 aromatic rings. The molecule has 0 bridgehead atoms. The Hall–Kier alpha value is -1.87. The van der Waals surface area contributed by atoms with Gasteiger partial charge in [0, 0.05) is 24.1 Å². The Kier molecular flexibility index (Phi) is 4.90. The smallest absolute Gasteiger partial charge is 0.148 e. The Morgan fingerprint density at radius 1 is 1.40 bits per heavy atom. The molecule has 0 aliphatic carbocycles. The molecule has 110 valence electrons. The predicted molar refractivity (Wildman–Crippen MR) is 81.4 cm³/mol. The van der Waals surface area contributed by atoms with Crippen molar-refractivity contribution >= 4 is 11.6 Å². The van der Waals surface area contributed by atoms with Crippen LogP contribution in [0.4, 0.5) is 11.6 Å². The molecule has 1 rings (SSSR count). The number of aromatic nitrogens is 2. The van der Waals surface area contributed by atoms with Crippen LogP contribution < -0.4 is 16.2 Å². The third kappa shape index (κ3) is 3.36. The second-order valence-electron chi connectivity index (χ2n) is 6.06.